The van der Waals surface area contributed by atoms with Crippen molar-refractivity contribution in [3.8, 4) is 5.75 Å². The molecule has 3 heterocycles. The van der Waals surface area contributed by atoms with E-state index in [9.17, 15) is 4.79 Å². The molecule has 0 saturated carbocycles. The van der Waals surface area contributed by atoms with E-state index in [1.165, 1.54) is 11.1 Å². The normalized spacial score (nSPS) is 21.2. The summed E-state index contributed by atoms with van der Waals surface area (Å²) >= 11 is 0. The van der Waals surface area contributed by atoms with E-state index in [2.05, 4.69) is 47.1 Å². The molecular formula is C29H33N3O3. The zero-order chi connectivity index (χ0) is 24.1. The third-order valence-electron chi connectivity index (χ3n) is 7.00. The lowest BCUT2D eigenvalue weighted by Gasteiger charge is -2.42. The van der Waals surface area contributed by atoms with Crippen LogP contribution in [0.4, 0.5) is 5.69 Å². The van der Waals surface area contributed by atoms with Crippen molar-refractivity contribution < 1.29 is 14.3 Å². The van der Waals surface area contributed by atoms with Gasteiger partial charge in [0.2, 0.25) is 0 Å². The number of anilines is 1. The standard InChI is InChI=1S/C29H33N3O3/c1-23-9-11-26(12-10-23)32-22-29(35-21-28(32)33)13-5-16-31(17-14-29)19-24-6-4-8-27(18-24)34-20-25-7-2-3-15-30-25/h2-4,6-12,15,18H,5,13-14,16-17,19-22H2,1H3/t29-/m0/s1. The lowest BCUT2D eigenvalue weighted by Crippen LogP contribution is -2.55. The van der Waals surface area contributed by atoms with Gasteiger partial charge in [-0.1, -0.05) is 35.9 Å². The third kappa shape index (κ3) is 5.89. The van der Waals surface area contributed by atoms with Crippen LogP contribution in [0.25, 0.3) is 0 Å². The molecule has 0 bridgehead atoms. The maximum Gasteiger partial charge on any atom is 0.253 e. The van der Waals surface area contributed by atoms with Crippen LogP contribution in [0.1, 0.15) is 36.1 Å². The van der Waals surface area contributed by atoms with E-state index in [1.807, 2.05) is 41.3 Å². The molecule has 0 unspecified atom stereocenters. The van der Waals surface area contributed by atoms with Gasteiger partial charge in [-0.25, -0.2) is 0 Å². The number of hydrogen-bond acceptors (Lipinski definition) is 5. The molecule has 182 valence electrons. The fourth-order valence-corrected chi connectivity index (χ4v) is 4.99. The number of hydrogen-bond donors (Lipinski definition) is 0. The monoisotopic (exact) mass is 471 g/mol. The number of morpholine rings is 1. The van der Waals surface area contributed by atoms with Gasteiger partial charge < -0.3 is 14.4 Å². The van der Waals surface area contributed by atoms with Gasteiger partial charge in [0.25, 0.3) is 5.91 Å². The summed E-state index contributed by atoms with van der Waals surface area (Å²) in [5.41, 5.74) is 4.04. The van der Waals surface area contributed by atoms with Gasteiger partial charge in [0.15, 0.2) is 0 Å². The summed E-state index contributed by atoms with van der Waals surface area (Å²) in [4.78, 5) is 21.4. The molecule has 2 saturated heterocycles. The number of nitrogens with zero attached hydrogens (tertiary/aromatic N) is 3. The minimum absolute atomic E-state index is 0.0445. The Bertz CT molecular complexity index is 1140. The fourth-order valence-electron chi connectivity index (χ4n) is 4.99. The Kier molecular flexibility index (Phi) is 7.11. The Labute approximate surface area is 207 Å². The number of aryl methyl sites for hydroxylation is 1. The number of amides is 1. The van der Waals surface area contributed by atoms with Crippen molar-refractivity contribution in [2.45, 2.75) is 44.9 Å². The summed E-state index contributed by atoms with van der Waals surface area (Å²) in [6.45, 7) is 6.14. The van der Waals surface area contributed by atoms with Crippen LogP contribution in [0, 0.1) is 6.92 Å². The number of ether oxygens (including phenoxy) is 2. The quantitative estimate of drug-likeness (QED) is 0.519. The van der Waals surface area contributed by atoms with Crippen molar-refractivity contribution in [3.05, 3.63) is 89.7 Å². The molecule has 0 N–H and O–H groups in total. The molecule has 5 rings (SSSR count). The van der Waals surface area contributed by atoms with Gasteiger partial charge in [-0.2, -0.15) is 0 Å². The lowest BCUT2D eigenvalue weighted by atomic mass is 9.92. The Morgan fingerprint density at radius 2 is 1.91 bits per heavy atom. The van der Waals surface area contributed by atoms with E-state index in [0.29, 0.717) is 13.2 Å². The summed E-state index contributed by atoms with van der Waals surface area (Å²) in [6.07, 6.45) is 4.71. The molecule has 2 fully saturated rings. The zero-order valence-corrected chi connectivity index (χ0v) is 20.4. The second kappa shape index (κ2) is 10.6. The highest BCUT2D eigenvalue weighted by Gasteiger charge is 2.41. The van der Waals surface area contributed by atoms with Crippen molar-refractivity contribution in [2.24, 2.45) is 0 Å². The average Bonchev–Trinajstić information content (AvgIpc) is 3.08. The van der Waals surface area contributed by atoms with Gasteiger partial charge in [-0.05, 0) is 74.7 Å². The van der Waals surface area contributed by atoms with Gasteiger partial charge in [0, 0.05) is 25.0 Å². The van der Waals surface area contributed by atoms with Crippen LogP contribution < -0.4 is 9.64 Å². The number of likely N-dealkylation sites (tertiary alicyclic amines) is 1. The smallest absolute Gasteiger partial charge is 0.253 e. The first-order valence-corrected chi connectivity index (χ1v) is 12.4. The number of rotatable bonds is 6. The Hall–Kier alpha value is -3.22. The summed E-state index contributed by atoms with van der Waals surface area (Å²) in [7, 11) is 0. The van der Waals surface area contributed by atoms with Gasteiger partial charge in [0.05, 0.1) is 17.8 Å². The maximum atomic E-state index is 12.6. The van der Waals surface area contributed by atoms with E-state index >= 15 is 0 Å². The molecule has 1 aromatic heterocycles. The molecule has 2 aromatic carbocycles. The summed E-state index contributed by atoms with van der Waals surface area (Å²) < 4.78 is 12.2. The molecule has 6 nitrogen and oxygen atoms in total. The molecule has 2 aliphatic heterocycles. The first-order chi connectivity index (χ1) is 17.1. The van der Waals surface area contributed by atoms with E-state index < -0.39 is 0 Å². The number of carbonyl (C=O) groups excluding carboxylic acids is 1. The summed E-state index contributed by atoms with van der Waals surface area (Å²) in [6, 6.07) is 22.4. The molecule has 2 aliphatic rings. The number of pyridine rings is 1. The summed E-state index contributed by atoms with van der Waals surface area (Å²) in [5.74, 6) is 0.908. The van der Waals surface area contributed by atoms with Crippen molar-refractivity contribution in [3.63, 3.8) is 0 Å². The van der Waals surface area contributed by atoms with E-state index in [1.54, 1.807) is 6.20 Å². The lowest BCUT2D eigenvalue weighted by molar-refractivity contribution is -0.140. The molecule has 35 heavy (non-hydrogen) atoms. The van der Waals surface area contributed by atoms with Crippen molar-refractivity contribution >= 4 is 11.6 Å². The SMILES string of the molecule is Cc1ccc(N2C[C@@]3(CCCN(Cc4cccc(OCc5ccccn5)c4)CC3)OCC2=O)cc1. The molecule has 1 amide bonds. The highest BCUT2D eigenvalue weighted by Crippen LogP contribution is 2.33. The van der Waals surface area contributed by atoms with Crippen molar-refractivity contribution in [1.29, 1.82) is 0 Å². The van der Waals surface area contributed by atoms with E-state index in [4.69, 9.17) is 9.47 Å². The first kappa shape index (κ1) is 23.5. The zero-order valence-electron chi connectivity index (χ0n) is 20.4. The molecule has 1 atom stereocenters. The van der Waals surface area contributed by atoms with Gasteiger partial charge in [0.1, 0.15) is 19.0 Å². The van der Waals surface area contributed by atoms with Crippen molar-refractivity contribution in [2.75, 3.05) is 31.1 Å². The first-order valence-electron chi connectivity index (χ1n) is 12.4. The van der Waals surface area contributed by atoms with Gasteiger partial charge in [-0.15, -0.1) is 0 Å². The van der Waals surface area contributed by atoms with Gasteiger partial charge in [-0.3, -0.25) is 14.7 Å². The molecule has 6 heteroatoms. The van der Waals surface area contributed by atoms with Crippen LogP contribution in [0.15, 0.2) is 72.9 Å². The number of benzene rings is 2. The average molecular weight is 472 g/mol. The van der Waals surface area contributed by atoms with Crippen LogP contribution >= 0.6 is 0 Å². The molecule has 0 aliphatic carbocycles. The van der Waals surface area contributed by atoms with Crippen LogP contribution in [0.3, 0.4) is 0 Å². The largest absolute Gasteiger partial charge is 0.487 e. The second-order valence-electron chi connectivity index (χ2n) is 9.67. The molecule has 1 spiro atoms. The maximum absolute atomic E-state index is 12.6. The highest BCUT2D eigenvalue weighted by molar-refractivity contribution is 5.95. The van der Waals surface area contributed by atoms with Crippen LogP contribution in [-0.2, 0) is 22.7 Å². The molecule has 0 radical (unpaired) electrons. The van der Waals surface area contributed by atoms with Crippen molar-refractivity contribution in [1.82, 2.24) is 9.88 Å². The van der Waals surface area contributed by atoms with E-state index in [-0.39, 0.29) is 18.1 Å². The topological polar surface area (TPSA) is 54.9 Å². The third-order valence-corrected chi connectivity index (χ3v) is 7.00. The minimum atomic E-state index is -0.277. The van der Waals surface area contributed by atoms with Crippen LogP contribution in [-0.4, -0.2) is 47.6 Å². The Morgan fingerprint density at radius 1 is 1.03 bits per heavy atom. The minimum Gasteiger partial charge on any atom is -0.487 e. The molecular weight excluding hydrogens is 438 g/mol. The molecule has 3 aromatic rings. The van der Waals surface area contributed by atoms with Gasteiger partial charge >= 0.3 is 0 Å². The predicted molar refractivity (Wildman–Crippen MR) is 136 cm³/mol. The van der Waals surface area contributed by atoms with E-state index in [0.717, 1.165) is 56.0 Å². The number of aromatic nitrogens is 1. The number of carbonyl (C=O) groups is 1. The second-order valence-corrected chi connectivity index (χ2v) is 9.67. The highest BCUT2D eigenvalue weighted by atomic mass is 16.5. The summed E-state index contributed by atoms with van der Waals surface area (Å²) in [5, 5.41) is 0. The van der Waals surface area contributed by atoms with Crippen LogP contribution in [0.5, 0.6) is 5.75 Å². The Morgan fingerprint density at radius 3 is 2.74 bits per heavy atom. The Balaban J connectivity index is 1.20. The van der Waals surface area contributed by atoms with Crippen LogP contribution in [0.2, 0.25) is 0 Å². The fraction of sp³-hybridized carbons (Fsp3) is 0.379. The predicted octanol–water partition coefficient (Wildman–Crippen LogP) is 4.76.